The molecule has 0 aliphatic carbocycles. The summed E-state index contributed by atoms with van der Waals surface area (Å²) in [6, 6.07) is 1.77. The number of nitrogen functional groups attached to an aromatic ring is 1. The molecule has 1 rings (SSSR count). The summed E-state index contributed by atoms with van der Waals surface area (Å²) in [5.74, 6) is 0.00867. The fourth-order valence-corrected chi connectivity index (χ4v) is 1.000. The number of aromatic nitrogens is 1. The summed E-state index contributed by atoms with van der Waals surface area (Å²) in [6.45, 7) is 0.574. The fraction of sp³-hybridized carbons (Fsp3) is 0.333. The van der Waals surface area contributed by atoms with Crippen molar-refractivity contribution in [3.63, 3.8) is 0 Å². The van der Waals surface area contributed by atoms with Crippen LogP contribution in [0, 0.1) is 0 Å². The van der Waals surface area contributed by atoms with Gasteiger partial charge in [-0.25, -0.2) is 0 Å². The minimum absolute atomic E-state index is 0.00867. The maximum Gasteiger partial charge on any atom is 0.221 e. The summed E-state index contributed by atoms with van der Waals surface area (Å²) < 4.78 is 0. The average Bonchev–Trinajstić information content (AvgIpc) is 2.17. The van der Waals surface area contributed by atoms with Crippen molar-refractivity contribution >= 4 is 17.3 Å². The van der Waals surface area contributed by atoms with E-state index < -0.39 is 0 Å². The Morgan fingerprint density at radius 1 is 1.57 bits per heavy atom. The van der Waals surface area contributed by atoms with Crippen LogP contribution >= 0.6 is 0 Å². The molecule has 0 spiro atoms. The molecule has 0 fully saturated rings. The van der Waals surface area contributed by atoms with Crippen molar-refractivity contribution in [3.05, 3.63) is 18.5 Å². The van der Waals surface area contributed by atoms with E-state index in [1.807, 2.05) is 0 Å². The van der Waals surface area contributed by atoms with Gasteiger partial charge >= 0.3 is 0 Å². The topological polar surface area (TPSA) is 80.0 Å². The van der Waals surface area contributed by atoms with Crippen molar-refractivity contribution in [1.82, 2.24) is 10.3 Å². The second-order valence-electron chi connectivity index (χ2n) is 2.86. The molecule has 0 aliphatic heterocycles. The van der Waals surface area contributed by atoms with Gasteiger partial charge in [-0.1, -0.05) is 0 Å². The van der Waals surface area contributed by atoms with Gasteiger partial charge in [0, 0.05) is 26.2 Å². The highest BCUT2D eigenvalue weighted by Crippen LogP contribution is 2.08. The maximum atomic E-state index is 10.9. The first kappa shape index (κ1) is 10.3. The van der Waals surface area contributed by atoms with Gasteiger partial charge in [0.2, 0.25) is 5.91 Å². The average molecular weight is 194 g/mol. The second-order valence-corrected chi connectivity index (χ2v) is 2.86. The first-order chi connectivity index (χ1) is 6.72. The minimum atomic E-state index is 0.00867. The van der Waals surface area contributed by atoms with Gasteiger partial charge in [-0.2, -0.15) is 0 Å². The Labute approximate surface area is 82.7 Å². The van der Waals surface area contributed by atoms with Crippen LogP contribution in [-0.2, 0) is 4.79 Å². The van der Waals surface area contributed by atoms with Crippen LogP contribution in [0.25, 0.3) is 0 Å². The van der Waals surface area contributed by atoms with Gasteiger partial charge in [-0.15, -0.1) is 0 Å². The number of amides is 1. The number of nitrogens with zero attached hydrogens (tertiary/aromatic N) is 1. The molecular formula is C9H14N4O. The van der Waals surface area contributed by atoms with Crippen LogP contribution < -0.4 is 16.4 Å². The van der Waals surface area contributed by atoms with Gasteiger partial charge in [0.25, 0.3) is 0 Å². The Morgan fingerprint density at radius 3 is 3.00 bits per heavy atom. The van der Waals surface area contributed by atoms with Crippen LogP contribution in [0.5, 0.6) is 0 Å². The standard InChI is InChI=1S/C9H14N4O/c1-11-9(14)2-3-13-8-4-7(10)5-12-6-8/h4-6,13H,2-3,10H2,1H3,(H,11,14). The quantitative estimate of drug-likeness (QED) is 0.640. The smallest absolute Gasteiger partial charge is 0.221 e. The Balaban J connectivity index is 2.35. The Bertz CT molecular complexity index is 313. The van der Waals surface area contributed by atoms with Gasteiger partial charge in [0.05, 0.1) is 17.6 Å². The van der Waals surface area contributed by atoms with Gasteiger partial charge < -0.3 is 16.4 Å². The maximum absolute atomic E-state index is 10.9. The summed E-state index contributed by atoms with van der Waals surface area (Å²) in [5.41, 5.74) is 6.97. The van der Waals surface area contributed by atoms with Crippen molar-refractivity contribution in [3.8, 4) is 0 Å². The molecule has 0 bridgehead atoms. The van der Waals surface area contributed by atoms with Crippen molar-refractivity contribution in [2.75, 3.05) is 24.6 Å². The molecule has 5 heteroatoms. The van der Waals surface area contributed by atoms with Crippen LogP contribution in [0.1, 0.15) is 6.42 Å². The first-order valence-electron chi connectivity index (χ1n) is 4.37. The third-order valence-corrected chi connectivity index (χ3v) is 1.72. The Morgan fingerprint density at radius 2 is 2.36 bits per heavy atom. The molecule has 14 heavy (non-hydrogen) atoms. The summed E-state index contributed by atoms with van der Waals surface area (Å²) in [4.78, 5) is 14.8. The highest BCUT2D eigenvalue weighted by Gasteiger charge is 1.97. The molecule has 76 valence electrons. The molecular weight excluding hydrogens is 180 g/mol. The van der Waals surface area contributed by atoms with Crippen LogP contribution in [0.15, 0.2) is 18.5 Å². The van der Waals surface area contributed by atoms with E-state index in [4.69, 9.17) is 5.73 Å². The summed E-state index contributed by atoms with van der Waals surface area (Å²) >= 11 is 0. The van der Waals surface area contributed by atoms with Crippen molar-refractivity contribution in [1.29, 1.82) is 0 Å². The van der Waals surface area contributed by atoms with Crippen LogP contribution in [-0.4, -0.2) is 24.5 Å². The molecule has 0 atom stereocenters. The van der Waals surface area contributed by atoms with Crippen molar-refractivity contribution in [2.24, 2.45) is 0 Å². The SMILES string of the molecule is CNC(=O)CCNc1cncc(N)c1. The number of nitrogens with two attached hydrogens (primary N) is 1. The molecule has 4 N–H and O–H groups in total. The monoisotopic (exact) mass is 194 g/mol. The fourth-order valence-electron chi connectivity index (χ4n) is 1.000. The Hall–Kier alpha value is -1.78. The predicted molar refractivity (Wildman–Crippen MR) is 55.8 cm³/mol. The van der Waals surface area contributed by atoms with E-state index in [-0.39, 0.29) is 5.91 Å². The lowest BCUT2D eigenvalue weighted by atomic mass is 10.3. The van der Waals surface area contributed by atoms with E-state index in [1.54, 1.807) is 25.5 Å². The zero-order valence-corrected chi connectivity index (χ0v) is 8.08. The molecule has 0 saturated heterocycles. The van der Waals surface area contributed by atoms with Crippen LogP contribution in [0.2, 0.25) is 0 Å². The van der Waals surface area contributed by atoms with E-state index >= 15 is 0 Å². The zero-order valence-electron chi connectivity index (χ0n) is 8.08. The highest BCUT2D eigenvalue weighted by molar-refractivity contribution is 5.76. The third kappa shape index (κ3) is 3.30. The normalized spacial score (nSPS) is 9.50. The lowest BCUT2D eigenvalue weighted by Crippen LogP contribution is -2.20. The number of hydrogen-bond donors (Lipinski definition) is 3. The van der Waals surface area contributed by atoms with Crippen LogP contribution in [0.4, 0.5) is 11.4 Å². The molecule has 0 radical (unpaired) electrons. The molecule has 0 saturated carbocycles. The number of pyridine rings is 1. The second kappa shape index (κ2) is 5.06. The lowest BCUT2D eigenvalue weighted by molar-refractivity contribution is -0.120. The number of carbonyl (C=O) groups is 1. The van der Waals surface area contributed by atoms with E-state index in [0.29, 0.717) is 18.7 Å². The van der Waals surface area contributed by atoms with Gasteiger partial charge in [0.15, 0.2) is 0 Å². The summed E-state index contributed by atoms with van der Waals surface area (Å²) in [7, 11) is 1.62. The molecule has 1 heterocycles. The molecule has 1 aromatic heterocycles. The predicted octanol–water partition coefficient (Wildman–Crippen LogP) is 0.212. The van der Waals surface area contributed by atoms with Crippen molar-refractivity contribution in [2.45, 2.75) is 6.42 Å². The molecule has 1 amide bonds. The number of carbonyl (C=O) groups excluding carboxylic acids is 1. The first-order valence-corrected chi connectivity index (χ1v) is 4.37. The molecule has 0 aliphatic rings. The van der Waals surface area contributed by atoms with Gasteiger partial charge in [-0.3, -0.25) is 9.78 Å². The lowest BCUT2D eigenvalue weighted by Gasteiger charge is -2.05. The molecule has 1 aromatic rings. The summed E-state index contributed by atoms with van der Waals surface area (Å²) in [6.07, 6.45) is 3.68. The number of anilines is 2. The van der Waals surface area contributed by atoms with Gasteiger partial charge in [0.1, 0.15) is 0 Å². The van der Waals surface area contributed by atoms with Crippen LogP contribution in [0.3, 0.4) is 0 Å². The molecule has 5 nitrogen and oxygen atoms in total. The van der Waals surface area contributed by atoms with E-state index in [1.165, 1.54) is 0 Å². The van der Waals surface area contributed by atoms with Crippen molar-refractivity contribution < 1.29 is 4.79 Å². The largest absolute Gasteiger partial charge is 0.397 e. The number of nitrogens with one attached hydrogen (secondary N) is 2. The third-order valence-electron chi connectivity index (χ3n) is 1.72. The number of rotatable bonds is 4. The molecule has 0 aromatic carbocycles. The van der Waals surface area contributed by atoms with E-state index in [2.05, 4.69) is 15.6 Å². The van der Waals surface area contributed by atoms with E-state index in [0.717, 1.165) is 5.69 Å². The number of hydrogen-bond acceptors (Lipinski definition) is 4. The van der Waals surface area contributed by atoms with E-state index in [9.17, 15) is 4.79 Å². The minimum Gasteiger partial charge on any atom is -0.397 e. The highest BCUT2D eigenvalue weighted by atomic mass is 16.1. The van der Waals surface area contributed by atoms with Gasteiger partial charge in [-0.05, 0) is 6.07 Å². The molecule has 0 unspecified atom stereocenters. The zero-order chi connectivity index (χ0) is 10.4. The Kier molecular flexibility index (Phi) is 3.72. The summed E-state index contributed by atoms with van der Waals surface area (Å²) in [5, 5.41) is 5.59.